The van der Waals surface area contributed by atoms with Crippen LogP contribution in [0, 0.1) is 5.92 Å². The van der Waals surface area contributed by atoms with Gasteiger partial charge >= 0.3 is 0 Å². The summed E-state index contributed by atoms with van der Waals surface area (Å²) in [5, 5.41) is 2.11. The first kappa shape index (κ1) is 20.9. The van der Waals surface area contributed by atoms with Crippen LogP contribution in [0.25, 0.3) is 0 Å². The molecule has 0 N–H and O–H groups in total. The van der Waals surface area contributed by atoms with Crippen LogP contribution in [-0.2, 0) is 16.0 Å². The monoisotopic (exact) mass is 426 g/mol. The number of thiophene rings is 1. The second kappa shape index (κ2) is 8.80. The molecule has 4 rings (SSSR count). The van der Waals surface area contributed by atoms with Gasteiger partial charge in [0.05, 0.1) is 13.2 Å². The fourth-order valence-corrected chi connectivity index (χ4v) is 5.11. The van der Waals surface area contributed by atoms with Gasteiger partial charge < -0.3 is 14.5 Å². The summed E-state index contributed by atoms with van der Waals surface area (Å²) in [5.41, 5.74) is 2.28. The molecule has 1 aliphatic carbocycles. The molecule has 1 aliphatic heterocycles. The van der Waals surface area contributed by atoms with E-state index in [1.165, 1.54) is 10.4 Å². The van der Waals surface area contributed by atoms with Crippen molar-refractivity contribution in [2.75, 3.05) is 20.2 Å². The van der Waals surface area contributed by atoms with E-state index >= 15 is 0 Å². The summed E-state index contributed by atoms with van der Waals surface area (Å²) in [5.74, 6) is 1.10. The first-order valence-electron chi connectivity index (χ1n) is 10.8. The summed E-state index contributed by atoms with van der Waals surface area (Å²) in [4.78, 5) is 31.5. The van der Waals surface area contributed by atoms with Crippen LogP contribution in [0.2, 0.25) is 0 Å². The van der Waals surface area contributed by atoms with Crippen LogP contribution in [0.1, 0.15) is 55.2 Å². The van der Waals surface area contributed by atoms with Gasteiger partial charge in [0.15, 0.2) is 0 Å². The van der Waals surface area contributed by atoms with Crippen LogP contribution in [0.15, 0.2) is 35.7 Å². The molecule has 1 saturated carbocycles. The molecule has 5 nitrogen and oxygen atoms in total. The molecule has 160 valence electrons. The first-order valence-corrected chi connectivity index (χ1v) is 11.7. The van der Waals surface area contributed by atoms with Gasteiger partial charge in [-0.25, -0.2) is 0 Å². The Bertz CT molecular complexity index is 903. The predicted molar refractivity (Wildman–Crippen MR) is 119 cm³/mol. The van der Waals surface area contributed by atoms with Gasteiger partial charge in [0, 0.05) is 23.4 Å². The zero-order valence-corrected chi connectivity index (χ0v) is 18.8. The highest BCUT2D eigenvalue weighted by Gasteiger charge is 2.38. The molecule has 0 bridgehead atoms. The zero-order chi connectivity index (χ0) is 21.3. The number of amides is 2. The third kappa shape index (κ3) is 4.10. The summed E-state index contributed by atoms with van der Waals surface area (Å²) < 4.78 is 5.31. The van der Waals surface area contributed by atoms with Gasteiger partial charge in [-0.1, -0.05) is 19.1 Å². The largest absolute Gasteiger partial charge is 0.497 e. The van der Waals surface area contributed by atoms with Crippen molar-refractivity contribution in [2.24, 2.45) is 5.92 Å². The molecule has 2 heterocycles. The quantitative estimate of drug-likeness (QED) is 0.664. The van der Waals surface area contributed by atoms with Crippen molar-refractivity contribution in [1.82, 2.24) is 9.80 Å². The van der Waals surface area contributed by atoms with Gasteiger partial charge in [-0.05, 0) is 67.3 Å². The third-order valence-corrected chi connectivity index (χ3v) is 7.35. The number of fused-ring (bicyclic) bond motifs is 1. The molecule has 6 heteroatoms. The fourth-order valence-electron chi connectivity index (χ4n) is 4.20. The standard InChI is InChI=1S/C24H30N2O3S/c1-4-16(2)26(24(28)18-5-6-18)15-22(27)25-13-11-21-20(12-14-30-21)23(25)17-7-9-19(29-3)10-8-17/h7-10,12,14,16,18,23H,4-6,11,13,15H2,1-3H3. The van der Waals surface area contributed by atoms with E-state index in [9.17, 15) is 9.59 Å². The van der Waals surface area contributed by atoms with Crippen LogP contribution in [0.3, 0.4) is 0 Å². The highest BCUT2D eigenvalue weighted by Crippen LogP contribution is 2.38. The number of benzene rings is 1. The number of carbonyl (C=O) groups excluding carboxylic acids is 2. The van der Waals surface area contributed by atoms with E-state index < -0.39 is 0 Å². The molecule has 2 aliphatic rings. The Morgan fingerprint density at radius 3 is 2.60 bits per heavy atom. The van der Waals surface area contributed by atoms with Crippen molar-refractivity contribution in [3.8, 4) is 5.75 Å². The van der Waals surface area contributed by atoms with E-state index in [4.69, 9.17) is 4.74 Å². The lowest BCUT2D eigenvalue weighted by atomic mass is 9.93. The topological polar surface area (TPSA) is 49.9 Å². The number of methoxy groups -OCH3 is 1. The SMILES string of the molecule is CCC(C)N(CC(=O)N1CCc2sccc2C1c1ccc(OC)cc1)C(=O)C1CC1. The number of ether oxygens (including phenoxy) is 1. The Labute approximate surface area is 182 Å². The van der Waals surface area contributed by atoms with Gasteiger partial charge in [0.2, 0.25) is 11.8 Å². The van der Waals surface area contributed by atoms with Crippen molar-refractivity contribution in [3.63, 3.8) is 0 Å². The molecule has 2 amide bonds. The molecule has 0 radical (unpaired) electrons. The van der Waals surface area contributed by atoms with Crippen molar-refractivity contribution < 1.29 is 14.3 Å². The molecule has 2 unspecified atom stereocenters. The van der Waals surface area contributed by atoms with Crippen LogP contribution < -0.4 is 4.74 Å². The summed E-state index contributed by atoms with van der Waals surface area (Å²) in [6.45, 7) is 4.95. The minimum atomic E-state index is -0.117. The summed E-state index contributed by atoms with van der Waals surface area (Å²) in [6, 6.07) is 10.1. The lowest BCUT2D eigenvalue weighted by Crippen LogP contribution is -2.49. The Morgan fingerprint density at radius 2 is 1.97 bits per heavy atom. The van der Waals surface area contributed by atoms with E-state index in [-0.39, 0.29) is 36.4 Å². The summed E-state index contributed by atoms with van der Waals surface area (Å²) >= 11 is 1.76. The Hall–Kier alpha value is -2.34. The molecule has 1 aromatic heterocycles. The van der Waals surface area contributed by atoms with Crippen LogP contribution >= 0.6 is 11.3 Å². The average Bonchev–Trinajstić information content (AvgIpc) is 3.52. The number of nitrogens with zero attached hydrogens (tertiary/aromatic N) is 2. The highest BCUT2D eigenvalue weighted by molar-refractivity contribution is 7.10. The van der Waals surface area contributed by atoms with Crippen molar-refractivity contribution in [2.45, 2.75) is 51.6 Å². The first-order chi connectivity index (χ1) is 14.5. The number of carbonyl (C=O) groups is 2. The van der Waals surface area contributed by atoms with E-state index in [1.807, 2.05) is 41.0 Å². The molecule has 2 aromatic rings. The summed E-state index contributed by atoms with van der Waals surface area (Å²) in [6.07, 6.45) is 3.63. The Morgan fingerprint density at radius 1 is 1.23 bits per heavy atom. The predicted octanol–water partition coefficient (Wildman–Crippen LogP) is 4.27. The Kier molecular flexibility index (Phi) is 6.14. The molecule has 1 aromatic carbocycles. The van der Waals surface area contributed by atoms with Crippen molar-refractivity contribution in [1.29, 1.82) is 0 Å². The second-order valence-electron chi connectivity index (χ2n) is 8.31. The minimum absolute atomic E-state index is 0.0296. The lowest BCUT2D eigenvalue weighted by Gasteiger charge is -2.38. The van der Waals surface area contributed by atoms with Gasteiger partial charge in [0.1, 0.15) is 12.3 Å². The van der Waals surface area contributed by atoms with Crippen LogP contribution in [0.4, 0.5) is 0 Å². The smallest absolute Gasteiger partial charge is 0.243 e. The second-order valence-corrected chi connectivity index (χ2v) is 9.31. The zero-order valence-electron chi connectivity index (χ0n) is 18.0. The van der Waals surface area contributed by atoms with Gasteiger partial charge in [0.25, 0.3) is 0 Å². The van der Waals surface area contributed by atoms with Crippen molar-refractivity contribution in [3.05, 3.63) is 51.7 Å². The van der Waals surface area contributed by atoms with Crippen LogP contribution in [0.5, 0.6) is 5.75 Å². The molecule has 1 fully saturated rings. The number of hydrogen-bond donors (Lipinski definition) is 0. The molecule has 0 saturated heterocycles. The van der Waals surface area contributed by atoms with E-state index in [0.717, 1.165) is 37.0 Å². The Balaban J connectivity index is 1.61. The maximum Gasteiger partial charge on any atom is 0.243 e. The van der Waals surface area contributed by atoms with Crippen LogP contribution in [-0.4, -0.2) is 47.9 Å². The van der Waals surface area contributed by atoms with E-state index in [1.54, 1.807) is 18.4 Å². The van der Waals surface area contributed by atoms with Gasteiger partial charge in [-0.3, -0.25) is 9.59 Å². The molecule has 0 spiro atoms. The maximum atomic E-state index is 13.5. The maximum absolute atomic E-state index is 13.5. The van der Waals surface area contributed by atoms with Gasteiger partial charge in [-0.15, -0.1) is 11.3 Å². The number of rotatable bonds is 7. The molecule has 2 atom stereocenters. The fraction of sp³-hybridized carbons (Fsp3) is 0.500. The highest BCUT2D eigenvalue weighted by atomic mass is 32.1. The van der Waals surface area contributed by atoms with Crippen molar-refractivity contribution >= 4 is 23.2 Å². The normalized spacial score (nSPS) is 19.2. The number of hydrogen-bond acceptors (Lipinski definition) is 4. The minimum Gasteiger partial charge on any atom is -0.497 e. The van der Waals surface area contributed by atoms with Gasteiger partial charge in [-0.2, -0.15) is 0 Å². The summed E-state index contributed by atoms with van der Waals surface area (Å²) in [7, 11) is 1.66. The molecular weight excluding hydrogens is 396 g/mol. The third-order valence-electron chi connectivity index (χ3n) is 6.36. The lowest BCUT2D eigenvalue weighted by molar-refractivity contribution is -0.144. The van der Waals surface area contributed by atoms with E-state index in [2.05, 4.69) is 18.4 Å². The molecule has 30 heavy (non-hydrogen) atoms. The van der Waals surface area contributed by atoms with E-state index in [0.29, 0.717) is 6.54 Å². The molecular formula is C24H30N2O3S. The average molecular weight is 427 g/mol.